The molecule has 0 aliphatic carbocycles. The van der Waals surface area contributed by atoms with Gasteiger partial charge in [-0.2, -0.15) is 0 Å². The predicted octanol–water partition coefficient (Wildman–Crippen LogP) is 3.48. The van der Waals surface area contributed by atoms with Crippen molar-refractivity contribution in [3.8, 4) is 0 Å². The Hall–Kier alpha value is -2.59. The first-order valence-electron chi connectivity index (χ1n) is 6.47. The number of carbonyl (C=O) groups is 2. The van der Waals surface area contributed by atoms with Crippen LogP contribution in [0.5, 0.6) is 0 Å². The Labute approximate surface area is 132 Å². The van der Waals surface area contributed by atoms with Gasteiger partial charge in [-0.25, -0.2) is 4.79 Å². The van der Waals surface area contributed by atoms with E-state index in [-0.39, 0.29) is 5.76 Å². The highest BCUT2D eigenvalue weighted by molar-refractivity contribution is 6.38. The zero-order chi connectivity index (χ0) is 16.1. The largest absolute Gasteiger partial charge is 0.507 e. The fourth-order valence-corrected chi connectivity index (χ4v) is 2.07. The Morgan fingerprint density at radius 3 is 2.32 bits per heavy atom. The van der Waals surface area contributed by atoms with Gasteiger partial charge >= 0.3 is 5.97 Å². The molecule has 0 saturated heterocycles. The summed E-state index contributed by atoms with van der Waals surface area (Å²) in [5, 5.41) is 19.0. The van der Waals surface area contributed by atoms with Crippen molar-refractivity contribution >= 4 is 29.1 Å². The Morgan fingerprint density at radius 1 is 1.00 bits per heavy atom. The first kappa shape index (κ1) is 15.8. The molecular weight excluding hydrogens is 304 g/mol. The van der Waals surface area contributed by atoms with E-state index in [0.717, 1.165) is 11.1 Å². The molecule has 2 aromatic rings. The lowest BCUT2D eigenvalue weighted by atomic mass is 10.0. The maximum atomic E-state index is 11.1. The summed E-state index contributed by atoms with van der Waals surface area (Å²) < 4.78 is 0. The lowest BCUT2D eigenvalue weighted by Crippen LogP contribution is -2.09. The number of carboxylic acids is 1. The molecule has 2 aromatic carbocycles. The number of aliphatic carboxylic acids is 1. The van der Waals surface area contributed by atoms with E-state index in [4.69, 9.17) is 16.7 Å². The van der Waals surface area contributed by atoms with Crippen molar-refractivity contribution in [3.63, 3.8) is 0 Å². The van der Waals surface area contributed by atoms with E-state index >= 15 is 0 Å². The molecule has 0 aliphatic rings. The smallest absolute Gasteiger partial charge is 0.376 e. The van der Waals surface area contributed by atoms with Crippen LogP contribution in [0.15, 0.2) is 54.6 Å². The van der Waals surface area contributed by atoms with Gasteiger partial charge in [-0.15, -0.1) is 0 Å². The van der Waals surface area contributed by atoms with Gasteiger partial charge in [-0.05, 0) is 35.7 Å². The molecular formula is C17H13ClO4. The van der Waals surface area contributed by atoms with Crippen molar-refractivity contribution in [2.24, 2.45) is 0 Å². The van der Waals surface area contributed by atoms with Gasteiger partial charge in [0.05, 0.1) is 0 Å². The van der Waals surface area contributed by atoms with E-state index in [0.29, 0.717) is 23.1 Å². The molecule has 0 aliphatic heterocycles. The van der Waals surface area contributed by atoms with Crippen LogP contribution in [0.25, 0.3) is 5.76 Å². The van der Waals surface area contributed by atoms with Crippen LogP contribution >= 0.6 is 11.6 Å². The first-order valence-corrected chi connectivity index (χ1v) is 6.85. The molecule has 0 unspecified atom stereocenters. The SMILES string of the molecule is O=C(O)C(=O)C=C(O)c1cccc(Cc2ccc(Cl)cc2)c1. The van der Waals surface area contributed by atoms with Gasteiger partial charge < -0.3 is 10.2 Å². The van der Waals surface area contributed by atoms with Gasteiger partial charge in [-0.3, -0.25) is 4.79 Å². The number of aliphatic hydroxyl groups is 1. The van der Waals surface area contributed by atoms with E-state index in [2.05, 4.69) is 0 Å². The van der Waals surface area contributed by atoms with Crippen LogP contribution in [-0.2, 0) is 16.0 Å². The van der Waals surface area contributed by atoms with Gasteiger partial charge in [0, 0.05) is 16.7 Å². The van der Waals surface area contributed by atoms with E-state index in [9.17, 15) is 14.7 Å². The van der Waals surface area contributed by atoms with Crippen molar-refractivity contribution in [1.82, 2.24) is 0 Å². The summed E-state index contributed by atoms with van der Waals surface area (Å²) >= 11 is 5.84. The second-order valence-electron chi connectivity index (χ2n) is 4.70. The Kier molecular flexibility index (Phi) is 4.96. The van der Waals surface area contributed by atoms with Crippen molar-refractivity contribution in [2.45, 2.75) is 6.42 Å². The van der Waals surface area contributed by atoms with E-state index < -0.39 is 11.8 Å². The van der Waals surface area contributed by atoms with Crippen molar-refractivity contribution in [2.75, 3.05) is 0 Å². The number of hydrogen-bond donors (Lipinski definition) is 2. The maximum absolute atomic E-state index is 11.1. The molecule has 112 valence electrons. The monoisotopic (exact) mass is 316 g/mol. The van der Waals surface area contributed by atoms with Crippen LogP contribution in [0.3, 0.4) is 0 Å². The number of halogens is 1. The van der Waals surface area contributed by atoms with Crippen LogP contribution in [0, 0.1) is 0 Å². The molecule has 2 N–H and O–H groups in total. The summed E-state index contributed by atoms with van der Waals surface area (Å²) in [6.07, 6.45) is 1.33. The molecule has 0 fully saturated rings. The van der Waals surface area contributed by atoms with E-state index in [1.165, 1.54) is 0 Å². The number of carboxylic acid groups (broad SMARTS) is 1. The predicted molar refractivity (Wildman–Crippen MR) is 83.9 cm³/mol. The van der Waals surface area contributed by atoms with Crippen molar-refractivity contribution in [3.05, 3.63) is 76.3 Å². The van der Waals surface area contributed by atoms with Crippen LogP contribution in [0.1, 0.15) is 16.7 Å². The molecule has 0 aromatic heterocycles. The zero-order valence-electron chi connectivity index (χ0n) is 11.5. The second kappa shape index (κ2) is 6.91. The molecule has 0 heterocycles. The molecule has 2 rings (SSSR count). The number of carbonyl (C=O) groups excluding carboxylic acids is 1. The third-order valence-corrected chi connectivity index (χ3v) is 3.27. The van der Waals surface area contributed by atoms with Crippen LogP contribution < -0.4 is 0 Å². The van der Waals surface area contributed by atoms with Crippen LogP contribution in [-0.4, -0.2) is 22.0 Å². The maximum Gasteiger partial charge on any atom is 0.376 e. The number of benzene rings is 2. The summed E-state index contributed by atoms with van der Waals surface area (Å²) in [5.41, 5.74) is 2.36. The highest BCUT2D eigenvalue weighted by Crippen LogP contribution is 2.17. The topological polar surface area (TPSA) is 74.6 Å². The lowest BCUT2D eigenvalue weighted by Gasteiger charge is -2.05. The molecule has 5 heteroatoms. The number of hydrogen-bond acceptors (Lipinski definition) is 3. The summed E-state index contributed by atoms with van der Waals surface area (Å²) in [6.45, 7) is 0. The third kappa shape index (κ3) is 4.20. The summed E-state index contributed by atoms with van der Waals surface area (Å²) in [6, 6.07) is 14.3. The summed E-state index contributed by atoms with van der Waals surface area (Å²) in [4.78, 5) is 21.6. The first-order chi connectivity index (χ1) is 10.5. The Balaban J connectivity index is 2.21. The van der Waals surface area contributed by atoms with E-state index in [1.54, 1.807) is 30.3 Å². The second-order valence-corrected chi connectivity index (χ2v) is 5.14. The fourth-order valence-electron chi connectivity index (χ4n) is 1.95. The average Bonchev–Trinajstić information content (AvgIpc) is 2.49. The molecule has 0 spiro atoms. The molecule has 0 saturated carbocycles. The normalized spacial score (nSPS) is 11.2. The molecule has 4 nitrogen and oxygen atoms in total. The third-order valence-electron chi connectivity index (χ3n) is 3.02. The van der Waals surface area contributed by atoms with Crippen LogP contribution in [0.4, 0.5) is 0 Å². The highest BCUT2D eigenvalue weighted by Gasteiger charge is 2.10. The minimum absolute atomic E-state index is 0.370. The molecule has 0 atom stereocenters. The van der Waals surface area contributed by atoms with Gasteiger partial charge in [0.1, 0.15) is 5.76 Å². The Bertz CT molecular complexity index is 733. The standard InChI is InChI=1S/C17H13ClO4/c18-14-6-4-11(5-7-14)8-12-2-1-3-13(9-12)15(19)10-16(20)17(21)22/h1-7,9-10,19H,8H2,(H,21,22). The van der Waals surface area contributed by atoms with Gasteiger partial charge in [0.2, 0.25) is 0 Å². The number of aliphatic hydroxyl groups excluding tert-OH is 1. The Morgan fingerprint density at radius 2 is 1.68 bits per heavy atom. The molecule has 0 bridgehead atoms. The fraction of sp³-hybridized carbons (Fsp3) is 0.0588. The number of ketones is 1. The van der Waals surface area contributed by atoms with Gasteiger partial charge in [-0.1, -0.05) is 41.9 Å². The minimum Gasteiger partial charge on any atom is -0.507 e. The van der Waals surface area contributed by atoms with E-state index in [1.807, 2.05) is 18.2 Å². The average molecular weight is 317 g/mol. The quantitative estimate of drug-likeness (QED) is 0.503. The lowest BCUT2D eigenvalue weighted by molar-refractivity contribution is -0.146. The van der Waals surface area contributed by atoms with Crippen LogP contribution in [0.2, 0.25) is 5.02 Å². The molecule has 0 amide bonds. The molecule has 22 heavy (non-hydrogen) atoms. The summed E-state index contributed by atoms with van der Waals surface area (Å²) in [7, 11) is 0. The van der Waals surface area contributed by atoms with Crippen molar-refractivity contribution < 1.29 is 19.8 Å². The van der Waals surface area contributed by atoms with Crippen molar-refractivity contribution in [1.29, 1.82) is 0 Å². The molecule has 0 radical (unpaired) electrons. The van der Waals surface area contributed by atoms with Gasteiger partial charge in [0.25, 0.3) is 5.78 Å². The highest BCUT2D eigenvalue weighted by atomic mass is 35.5. The summed E-state index contributed by atoms with van der Waals surface area (Å²) in [5.74, 6) is -3.14. The number of rotatable bonds is 5. The zero-order valence-corrected chi connectivity index (χ0v) is 12.2. The minimum atomic E-state index is -1.61. The van der Waals surface area contributed by atoms with Gasteiger partial charge in [0.15, 0.2) is 0 Å².